The van der Waals surface area contributed by atoms with Crippen molar-refractivity contribution in [3.8, 4) is 11.4 Å². The number of hydrogen-bond acceptors (Lipinski definition) is 6. The first-order chi connectivity index (χ1) is 15.4. The Morgan fingerprint density at radius 2 is 2.06 bits per heavy atom. The zero-order valence-electron chi connectivity index (χ0n) is 17.8. The van der Waals surface area contributed by atoms with E-state index in [1.807, 2.05) is 31.2 Å². The number of aromatic nitrogens is 2. The number of rotatable bonds is 6. The molecular weight excluding hydrogens is 466 g/mol. The van der Waals surface area contributed by atoms with Gasteiger partial charge in [-0.15, -0.1) is 11.8 Å². The van der Waals surface area contributed by atoms with Crippen molar-refractivity contribution in [1.29, 1.82) is 0 Å². The number of carbonyl (C=O) groups is 1. The van der Waals surface area contributed by atoms with Gasteiger partial charge in [-0.1, -0.05) is 36.4 Å². The van der Waals surface area contributed by atoms with Crippen LogP contribution >= 0.6 is 35.1 Å². The summed E-state index contributed by atoms with van der Waals surface area (Å²) in [6.45, 7) is 3.98. The number of nitrogens with one attached hydrogen (secondary N) is 1. The number of carbonyl (C=O) groups excluding carboxylic acids is 1. The molecule has 1 amide bonds. The summed E-state index contributed by atoms with van der Waals surface area (Å²) in [6, 6.07) is 12.6. The highest BCUT2D eigenvalue weighted by atomic mass is 35.5. The number of hydrogen-bond donors (Lipinski definition) is 1. The number of thioether (sulfide) groups is 2. The highest BCUT2D eigenvalue weighted by Crippen LogP contribution is 2.35. The topological polar surface area (TPSA) is 73.2 Å². The molecule has 2 aromatic carbocycles. The van der Waals surface area contributed by atoms with Crippen LogP contribution in [-0.2, 0) is 11.2 Å². The van der Waals surface area contributed by atoms with Crippen molar-refractivity contribution in [3.05, 3.63) is 69.1 Å². The molecule has 4 rings (SSSR count). The summed E-state index contributed by atoms with van der Waals surface area (Å²) in [6.07, 6.45) is 0.736. The van der Waals surface area contributed by atoms with Gasteiger partial charge >= 0.3 is 0 Å². The summed E-state index contributed by atoms with van der Waals surface area (Å²) in [7, 11) is 1.59. The zero-order valence-corrected chi connectivity index (χ0v) is 20.2. The third kappa shape index (κ3) is 4.82. The van der Waals surface area contributed by atoms with Crippen LogP contribution in [0.5, 0.6) is 5.75 Å². The molecule has 0 aliphatic carbocycles. The predicted octanol–water partition coefficient (Wildman–Crippen LogP) is 4.97. The maximum Gasteiger partial charge on any atom is 0.272 e. The maximum absolute atomic E-state index is 13.3. The Balaban J connectivity index is 1.61. The molecule has 1 atom stereocenters. The average Bonchev–Trinajstić information content (AvgIpc) is 3.16. The van der Waals surface area contributed by atoms with E-state index >= 15 is 0 Å². The normalized spacial score (nSPS) is 14.8. The molecule has 0 spiro atoms. The van der Waals surface area contributed by atoms with Gasteiger partial charge in [0, 0.05) is 22.4 Å². The average molecular weight is 488 g/mol. The van der Waals surface area contributed by atoms with E-state index in [1.165, 1.54) is 11.8 Å². The number of methoxy groups -OCH3 is 1. The molecule has 6 nitrogen and oxygen atoms in total. The van der Waals surface area contributed by atoms with Crippen LogP contribution < -0.4 is 15.6 Å². The first-order valence-corrected chi connectivity index (χ1v) is 12.3. The van der Waals surface area contributed by atoms with Crippen LogP contribution in [0, 0.1) is 6.92 Å². The van der Waals surface area contributed by atoms with Crippen LogP contribution in [0.15, 0.2) is 57.3 Å². The van der Waals surface area contributed by atoms with Gasteiger partial charge in [0.1, 0.15) is 5.75 Å². The van der Waals surface area contributed by atoms with Crippen LogP contribution in [0.4, 0.5) is 5.69 Å². The molecule has 2 heterocycles. The highest BCUT2D eigenvalue weighted by Gasteiger charge is 2.27. The lowest BCUT2D eigenvalue weighted by molar-refractivity contribution is -0.113. The number of aryl methyl sites for hydroxylation is 1. The summed E-state index contributed by atoms with van der Waals surface area (Å²) in [5, 5.41) is 4.23. The molecule has 0 fully saturated rings. The first-order valence-electron chi connectivity index (χ1n) is 10.0. The Hall–Kier alpha value is -2.42. The van der Waals surface area contributed by atoms with E-state index in [4.69, 9.17) is 21.3 Å². The fourth-order valence-corrected chi connectivity index (χ4v) is 5.46. The van der Waals surface area contributed by atoms with Gasteiger partial charge in [0.25, 0.3) is 5.56 Å². The van der Waals surface area contributed by atoms with Crippen LogP contribution in [-0.4, -0.2) is 33.6 Å². The molecule has 1 aliphatic rings. The van der Waals surface area contributed by atoms with E-state index < -0.39 is 0 Å². The number of benzene rings is 2. The SMILES string of the molecule is COc1ccc(-n2c(SCC(=O)Nc3ccc(C)c(Cl)c3)nc3c(c2=O)SC(C)C3)cc1. The van der Waals surface area contributed by atoms with Crippen molar-refractivity contribution in [3.63, 3.8) is 0 Å². The Morgan fingerprint density at radius 3 is 2.75 bits per heavy atom. The second kappa shape index (κ2) is 9.60. The Bertz CT molecular complexity index is 1230. The first kappa shape index (κ1) is 22.8. The van der Waals surface area contributed by atoms with Crippen molar-refractivity contribution in [2.45, 2.75) is 35.6 Å². The van der Waals surface area contributed by atoms with Crippen LogP contribution in [0.1, 0.15) is 18.2 Å². The van der Waals surface area contributed by atoms with Gasteiger partial charge in [-0.25, -0.2) is 4.98 Å². The van der Waals surface area contributed by atoms with E-state index in [2.05, 4.69) is 12.2 Å². The van der Waals surface area contributed by atoms with Crippen LogP contribution in [0.3, 0.4) is 0 Å². The van der Waals surface area contributed by atoms with E-state index in [1.54, 1.807) is 41.6 Å². The summed E-state index contributed by atoms with van der Waals surface area (Å²) < 4.78 is 6.80. The predicted molar refractivity (Wildman–Crippen MR) is 131 cm³/mol. The molecule has 3 aromatic rings. The lowest BCUT2D eigenvalue weighted by Gasteiger charge is -2.14. The molecule has 0 bridgehead atoms. The van der Waals surface area contributed by atoms with Crippen LogP contribution in [0.2, 0.25) is 5.02 Å². The Morgan fingerprint density at radius 1 is 1.31 bits per heavy atom. The largest absolute Gasteiger partial charge is 0.497 e. The Labute approximate surface area is 199 Å². The van der Waals surface area contributed by atoms with Gasteiger partial charge < -0.3 is 10.1 Å². The lowest BCUT2D eigenvalue weighted by Crippen LogP contribution is -2.24. The van der Waals surface area contributed by atoms with Crippen molar-refractivity contribution in [2.24, 2.45) is 0 Å². The number of nitrogens with zero attached hydrogens (tertiary/aromatic N) is 2. The minimum absolute atomic E-state index is 0.107. The molecule has 32 heavy (non-hydrogen) atoms. The van der Waals surface area contributed by atoms with E-state index in [0.29, 0.717) is 37.4 Å². The van der Waals surface area contributed by atoms with Crippen LogP contribution in [0.25, 0.3) is 5.69 Å². The quantitative estimate of drug-likeness (QED) is 0.391. The van der Waals surface area contributed by atoms with Gasteiger partial charge in [0.05, 0.1) is 29.1 Å². The molecule has 0 saturated heterocycles. The van der Waals surface area contributed by atoms with E-state index in [0.717, 1.165) is 17.7 Å². The third-order valence-electron chi connectivity index (χ3n) is 5.00. The monoisotopic (exact) mass is 487 g/mol. The Kier molecular flexibility index (Phi) is 6.83. The van der Waals surface area contributed by atoms with Gasteiger partial charge in [0.15, 0.2) is 5.16 Å². The molecule has 1 unspecified atom stereocenters. The molecule has 9 heteroatoms. The molecule has 166 valence electrons. The molecule has 0 radical (unpaired) electrons. The summed E-state index contributed by atoms with van der Waals surface area (Å²) in [4.78, 5) is 31.3. The molecular formula is C23H22ClN3O3S2. The minimum Gasteiger partial charge on any atom is -0.497 e. The van der Waals surface area contributed by atoms with Crippen molar-refractivity contribution in [1.82, 2.24) is 9.55 Å². The lowest BCUT2D eigenvalue weighted by atomic mass is 10.2. The summed E-state index contributed by atoms with van der Waals surface area (Å²) in [5.41, 5.74) is 2.94. The number of amides is 1. The second-order valence-electron chi connectivity index (χ2n) is 7.44. The third-order valence-corrected chi connectivity index (χ3v) is 7.56. The highest BCUT2D eigenvalue weighted by molar-refractivity contribution is 8.00. The van der Waals surface area contributed by atoms with Crippen molar-refractivity contribution < 1.29 is 9.53 Å². The fraction of sp³-hybridized carbons (Fsp3) is 0.261. The number of ether oxygens (including phenoxy) is 1. The molecule has 1 N–H and O–H groups in total. The zero-order chi connectivity index (χ0) is 22.8. The summed E-state index contributed by atoms with van der Waals surface area (Å²) >= 11 is 8.93. The summed E-state index contributed by atoms with van der Waals surface area (Å²) in [5.74, 6) is 0.605. The number of anilines is 1. The second-order valence-corrected chi connectivity index (χ2v) is 10.2. The van der Waals surface area contributed by atoms with Gasteiger partial charge in [0.2, 0.25) is 5.91 Å². The molecule has 0 saturated carbocycles. The van der Waals surface area contributed by atoms with Gasteiger partial charge in [-0.2, -0.15) is 0 Å². The van der Waals surface area contributed by atoms with E-state index in [9.17, 15) is 9.59 Å². The molecule has 1 aromatic heterocycles. The number of fused-ring (bicyclic) bond motifs is 1. The van der Waals surface area contributed by atoms with E-state index in [-0.39, 0.29) is 17.2 Å². The van der Waals surface area contributed by atoms with Gasteiger partial charge in [-0.05, 0) is 48.9 Å². The standard InChI is InChI=1S/C23H22ClN3O3S2/c1-13-4-5-15(11-18(13)24)25-20(28)12-31-23-26-19-10-14(2)32-21(19)22(29)27(23)16-6-8-17(30-3)9-7-16/h4-9,11,14H,10,12H2,1-3H3,(H,25,28). The smallest absolute Gasteiger partial charge is 0.272 e. The maximum atomic E-state index is 13.3. The van der Waals surface area contributed by atoms with Gasteiger partial charge in [-0.3, -0.25) is 14.2 Å². The number of halogens is 1. The molecule has 1 aliphatic heterocycles. The van der Waals surface area contributed by atoms with Crippen molar-refractivity contribution in [2.75, 3.05) is 18.2 Å². The van der Waals surface area contributed by atoms with Crippen molar-refractivity contribution >= 4 is 46.7 Å². The minimum atomic E-state index is -0.200. The fourth-order valence-electron chi connectivity index (χ4n) is 3.35.